The van der Waals surface area contributed by atoms with E-state index in [1.165, 1.54) is 0 Å². The number of rotatable bonds is 24. The average Bonchev–Trinajstić information content (AvgIpc) is 3.17. The summed E-state index contributed by atoms with van der Waals surface area (Å²) in [4.78, 5) is 133. The zero-order valence-electron chi connectivity index (χ0n) is 38.7. The zero-order valence-corrected chi connectivity index (χ0v) is 38.7. The van der Waals surface area contributed by atoms with Gasteiger partial charge in [0.1, 0.15) is 31.8 Å². The molecule has 0 aliphatic rings. The minimum Gasteiger partial charge on any atom is -0.469 e. The van der Waals surface area contributed by atoms with Crippen LogP contribution in [0.2, 0.25) is 0 Å². The lowest BCUT2D eigenvalue weighted by molar-refractivity contribution is -0.169. The standard InChI is InChI=1S/C45H68O16/c1-17-29(46)58-25-43(26-59-30(47)18-2,27-60-31(48)19-21-44(23-33(50)56-15,35(52)39(3,4)5)36(53)40(6,7)8)28-61-32(49)20-22-45(24-34(51)57-16,37(54)41(9,10)11)38(55)42(12,13)14/h17-18H,1-2,19-28H2,3-16H3. The number of hydrogen-bond acceptors (Lipinski definition) is 16. The predicted octanol–water partition coefficient (Wildman–Crippen LogP) is 5.64. The van der Waals surface area contributed by atoms with Crippen molar-refractivity contribution in [2.24, 2.45) is 37.9 Å². The van der Waals surface area contributed by atoms with E-state index in [-0.39, 0.29) is 0 Å². The molecule has 0 saturated heterocycles. The summed E-state index contributed by atoms with van der Waals surface area (Å²) < 4.78 is 31.4. The van der Waals surface area contributed by atoms with Gasteiger partial charge >= 0.3 is 35.8 Å². The van der Waals surface area contributed by atoms with Crippen LogP contribution in [0.4, 0.5) is 0 Å². The molecule has 0 aliphatic carbocycles. The van der Waals surface area contributed by atoms with Crippen LogP contribution in [-0.2, 0) is 76.4 Å². The van der Waals surface area contributed by atoms with Gasteiger partial charge in [-0.3, -0.25) is 38.4 Å². The smallest absolute Gasteiger partial charge is 0.330 e. The Hall–Kier alpha value is -5.02. The van der Waals surface area contributed by atoms with E-state index in [4.69, 9.17) is 28.4 Å². The molecule has 0 spiro atoms. The van der Waals surface area contributed by atoms with Crippen molar-refractivity contribution in [2.45, 2.75) is 122 Å². The van der Waals surface area contributed by atoms with Crippen molar-refractivity contribution >= 4 is 58.9 Å². The van der Waals surface area contributed by atoms with Crippen LogP contribution >= 0.6 is 0 Å². The molecule has 0 amide bonds. The first-order valence-electron chi connectivity index (χ1n) is 19.9. The molecule has 0 N–H and O–H groups in total. The number of hydrogen-bond donors (Lipinski definition) is 0. The Morgan fingerprint density at radius 1 is 0.410 bits per heavy atom. The minimum absolute atomic E-state index is 0.458. The van der Waals surface area contributed by atoms with E-state index >= 15 is 0 Å². The Morgan fingerprint density at radius 2 is 0.656 bits per heavy atom. The van der Waals surface area contributed by atoms with E-state index in [1.54, 1.807) is 83.1 Å². The third kappa shape index (κ3) is 16.4. The maximum atomic E-state index is 14.0. The predicted molar refractivity (Wildman–Crippen MR) is 221 cm³/mol. The quantitative estimate of drug-likeness (QED) is 0.0495. The Balaban J connectivity index is 7.03. The number of carbonyl (C=O) groups excluding carboxylic acids is 10. The van der Waals surface area contributed by atoms with Gasteiger partial charge in [-0.1, -0.05) is 96.2 Å². The van der Waals surface area contributed by atoms with Crippen LogP contribution in [0.3, 0.4) is 0 Å². The number of carbonyl (C=O) groups is 10. The Bertz CT molecular complexity index is 1510. The van der Waals surface area contributed by atoms with Gasteiger partial charge in [-0.2, -0.15) is 0 Å². The van der Waals surface area contributed by atoms with Crippen molar-refractivity contribution in [1.29, 1.82) is 0 Å². The van der Waals surface area contributed by atoms with E-state index in [0.29, 0.717) is 0 Å². The fraction of sp³-hybridized carbons (Fsp3) is 0.689. The molecule has 0 atom stereocenters. The minimum atomic E-state index is -2.00. The van der Waals surface area contributed by atoms with Crippen LogP contribution in [0.15, 0.2) is 25.3 Å². The highest BCUT2D eigenvalue weighted by Gasteiger charge is 2.55. The first-order valence-corrected chi connectivity index (χ1v) is 19.9. The van der Waals surface area contributed by atoms with E-state index in [2.05, 4.69) is 13.2 Å². The molecular weight excluding hydrogens is 796 g/mol. The Labute approximate surface area is 360 Å². The molecule has 0 aromatic carbocycles. The zero-order chi connectivity index (χ0) is 48.0. The van der Waals surface area contributed by atoms with E-state index in [1.807, 2.05) is 0 Å². The monoisotopic (exact) mass is 864 g/mol. The highest BCUT2D eigenvalue weighted by atomic mass is 16.6. The summed E-state index contributed by atoms with van der Waals surface area (Å²) in [6.45, 7) is 22.7. The third-order valence-electron chi connectivity index (χ3n) is 9.78. The van der Waals surface area contributed by atoms with Crippen molar-refractivity contribution < 1.29 is 76.4 Å². The first kappa shape index (κ1) is 56.0. The highest BCUT2D eigenvalue weighted by Crippen LogP contribution is 2.45. The largest absolute Gasteiger partial charge is 0.469 e. The summed E-state index contributed by atoms with van der Waals surface area (Å²) in [6.07, 6.45) is -1.72. The fourth-order valence-electron chi connectivity index (χ4n) is 6.73. The lowest BCUT2D eigenvalue weighted by atomic mass is 9.61. The van der Waals surface area contributed by atoms with Gasteiger partial charge in [0.05, 0.1) is 37.9 Å². The lowest BCUT2D eigenvalue weighted by Crippen LogP contribution is -2.51. The van der Waals surface area contributed by atoms with Gasteiger partial charge in [-0.05, 0) is 12.8 Å². The average molecular weight is 865 g/mol. The van der Waals surface area contributed by atoms with Gasteiger partial charge in [-0.15, -0.1) is 0 Å². The number of ketones is 4. The van der Waals surface area contributed by atoms with Crippen LogP contribution in [0, 0.1) is 37.9 Å². The molecule has 61 heavy (non-hydrogen) atoms. The second-order valence-corrected chi connectivity index (χ2v) is 19.4. The maximum absolute atomic E-state index is 14.0. The molecule has 0 saturated carbocycles. The highest BCUT2D eigenvalue weighted by molar-refractivity contribution is 6.13. The van der Waals surface area contributed by atoms with Gasteiger partial charge in [0.25, 0.3) is 0 Å². The van der Waals surface area contributed by atoms with E-state index in [9.17, 15) is 47.9 Å². The van der Waals surface area contributed by atoms with Crippen LogP contribution in [0.25, 0.3) is 0 Å². The van der Waals surface area contributed by atoms with Crippen molar-refractivity contribution in [3.05, 3.63) is 25.3 Å². The van der Waals surface area contributed by atoms with Crippen LogP contribution in [0.1, 0.15) is 122 Å². The normalized spacial score (nSPS) is 12.6. The number of Topliss-reactive ketones (excluding diaryl/α,β-unsaturated/α-hetero) is 4. The number of ether oxygens (including phenoxy) is 6. The van der Waals surface area contributed by atoms with Crippen LogP contribution in [-0.4, -0.2) is 99.6 Å². The van der Waals surface area contributed by atoms with Crippen molar-refractivity contribution in [3.63, 3.8) is 0 Å². The second kappa shape index (κ2) is 22.2. The van der Waals surface area contributed by atoms with Crippen molar-refractivity contribution in [2.75, 3.05) is 40.6 Å². The molecule has 344 valence electrons. The molecule has 0 heterocycles. The summed E-state index contributed by atoms with van der Waals surface area (Å²) in [7, 11) is 2.20. The molecule has 0 aromatic heterocycles. The molecule has 0 bridgehead atoms. The van der Waals surface area contributed by atoms with Gasteiger partial charge in [0, 0.05) is 46.7 Å². The first-order chi connectivity index (χ1) is 27.6. The molecular formula is C45H68O16. The van der Waals surface area contributed by atoms with E-state index in [0.717, 1.165) is 26.4 Å². The maximum Gasteiger partial charge on any atom is 0.330 e. The molecule has 16 heteroatoms. The summed E-state index contributed by atoms with van der Waals surface area (Å²) in [5.74, 6) is -7.99. The number of esters is 6. The molecule has 0 unspecified atom stereocenters. The van der Waals surface area contributed by atoms with Gasteiger partial charge in [0.2, 0.25) is 0 Å². The Kier molecular flexibility index (Phi) is 20.4. The fourth-order valence-corrected chi connectivity index (χ4v) is 6.73. The van der Waals surface area contributed by atoms with Crippen LogP contribution in [0.5, 0.6) is 0 Å². The summed E-state index contributed by atoms with van der Waals surface area (Å²) >= 11 is 0. The molecule has 0 rings (SSSR count). The lowest BCUT2D eigenvalue weighted by Gasteiger charge is -2.39. The van der Waals surface area contributed by atoms with Crippen molar-refractivity contribution in [1.82, 2.24) is 0 Å². The third-order valence-corrected chi connectivity index (χ3v) is 9.78. The van der Waals surface area contributed by atoms with Gasteiger partial charge in [0.15, 0.2) is 23.1 Å². The summed E-state index contributed by atoms with van der Waals surface area (Å²) in [6, 6.07) is 0. The number of methoxy groups -OCH3 is 2. The van der Waals surface area contributed by atoms with Gasteiger partial charge in [-0.25, -0.2) is 9.59 Å². The summed E-state index contributed by atoms with van der Waals surface area (Å²) in [5, 5.41) is 0. The van der Waals surface area contributed by atoms with Gasteiger partial charge < -0.3 is 28.4 Å². The second-order valence-electron chi connectivity index (χ2n) is 19.4. The SMILES string of the molecule is C=CC(=O)OCC(COC(=O)C=C)(COC(=O)CCC(CC(=O)OC)(C(=O)C(C)(C)C)C(=O)C(C)(C)C)COC(=O)CCC(CC(=O)OC)(C(=O)C(C)(C)C)C(=O)C(C)(C)C. The molecule has 0 aliphatic heterocycles. The van der Waals surface area contributed by atoms with Crippen LogP contribution < -0.4 is 0 Å². The van der Waals surface area contributed by atoms with Crippen molar-refractivity contribution in [3.8, 4) is 0 Å². The molecule has 0 fully saturated rings. The molecule has 16 nitrogen and oxygen atoms in total. The molecule has 0 radical (unpaired) electrons. The Morgan fingerprint density at radius 3 is 0.869 bits per heavy atom. The molecule has 0 aromatic rings. The topological polar surface area (TPSA) is 226 Å². The van der Waals surface area contributed by atoms with E-state index < -0.39 is 162 Å². The summed E-state index contributed by atoms with van der Waals surface area (Å²) in [5.41, 5.74) is -10.4.